The lowest BCUT2D eigenvalue weighted by Gasteiger charge is -2.24. The van der Waals surface area contributed by atoms with Gasteiger partial charge in [-0.1, -0.05) is 31.2 Å². The highest BCUT2D eigenvalue weighted by Gasteiger charge is 2.20. The van der Waals surface area contributed by atoms with Crippen LogP contribution < -0.4 is 5.32 Å². The number of nitrogens with one attached hydrogen (secondary N) is 1. The summed E-state index contributed by atoms with van der Waals surface area (Å²) in [5.74, 6) is 2.63. The minimum absolute atomic E-state index is 0.770. The Morgan fingerprint density at radius 3 is 2.79 bits per heavy atom. The zero-order valence-electron chi connectivity index (χ0n) is 12.2. The van der Waals surface area contributed by atoms with Crippen LogP contribution in [-0.4, -0.2) is 42.6 Å². The molecule has 1 aromatic rings. The molecule has 106 valence electrons. The SMILES string of the molecule is CCNCCc1ccccc1CN(C)C1CCSC1. The minimum atomic E-state index is 0.770. The second kappa shape index (κ2) is 7.93. The Bertz CT molecular complexity index is 375. The van der Waals surface area contributed by atoms with E-state index in [0.717, 1.165) is 32.1 Å². The van der Waals surface area contributed by atoms with Crippen molar-refractivity contribution >= 4 is 11.8 Å². The van der Waals surface area contributed by atoms with Crippen molar-refractivity contribution in [3.8, 4) is 0 Å². The molecule has 1 saturated heterocycles. The number of likely N-dealkylation sites (N-methyl/N-ethyl adjacent to an activating group) is 1. The highest BCUT2D eigenvalue weighted by Crippen LogP contribution is 2.23. The van der Waals surface area contributed by atoms with E-state index in [1.165, 1.54) is 29.1 Å². The van der Waals surface area contributed by atoms with Crippen molar-refractivity contribution in [3.63, 3.8) is 0 Å². The highest BCUT2D eigenvalue weighted by atomic mass is 32.2. The van der Waals surface area contributed by atoms with Gasteiger partial charge in [0.15, 0.2) is 0 Å². The number of rotatable bonds is 7. The molecule has 0 spiro atoms. The van der Waals surface area contributed by atoms with Crippen molar-refractivity contribution in [1.29, 1.82) is 0 Å². The lowest BCUT2D eigenvalue weighted by Crippen LogP contribution is -2.31. The molecule has 19 heavy (non-hydrogen) atoms. The van der Waals surface area contributed by atoms with Crippen molar-refractivity contribution in [1.82, 2.24) is 10.2 Å². The molecule has 1 atom stereocenters. The van der Waals surface area contributed by atoms with Gasteiger partial charge in [-0.15, -0.1) is 0 Å². The molecule has 1 aromatic carbocycles. The van der Waals surface area contributed by atoms with Crippen LogP contribution in [0.25, 0.3) is 0 Å². The Labute approximate surface area is 122 Å². The van der Waals surface area contributed by atoms with Crippen LogP contribution in [0.4, 0.5) is 0 Å². The maximum absolute atomic E-state index is 3.42. The molecule has 1 heterocycles. The van der Waals surface area contributed by atoms with Gasteiger partial charge in [0.2, 0.25) is 0 Å². The van der Waals surface area contributed by atoms with Crippen LogP contribution in [0.3, 0.4) is 0 Å². The Hall–Kier alpha value is -0.510. The molecular formula is C16H26N2S. The summed E-state index contributed by atoms with van der Waals surface area (Å²) in [5, 5.41) is 3.42. The fraction of sp³-hybridized carbons (Fsp3) is 0.625. The molecule has 0 aliphatic carbocycles. The second-order valence-corrected chi connectivity index (χ2v) is 6.45. The van der Waals surface area contributed by atoms with E-state index in [1.807, 2.05) is 0 Å². The van der Waals surface area contributed by atoms with Gasteiger partial charge in [-0.05, 0) is 49.9 Å². The molecule has 1 unspecified atom stereocenters. The average Bonchev–Trinajstić information content (AvgIpc) is 2.95. The van der Waals surface area contributed by atoms with E-state index in [9.17, 15) is 0 Å². The van der Waals surface area contributed by atoms with Crippen LogP contribution in [0.1, 0.15) is 24.5 Å². The summed E-state index contributed by atoms with van der Waals surface area (Å²) in [6, 6.07) is 9.68. The van der Waals surface area contributed by atoms with Crippen molar-refractivity contribution in [2.24, 2.45) is 0 Å². The summed E-state index contributed by atoms with van der Waals surface area (Å²) >= 11 is 2.09. The van der Waals surface area contributed by atoms with Gasteiger partial charge < -0.3 is 5.32 Å². The van der Waals surface area contributed by atoms with E-state index in [4.69, 9.17) is 0 Å². The third-order valence-electron chi connectivity index (χ3n) is 3.89. The maximum Gasteiger partial charge on any atom is 0.0236 e. The fourth-order valence-corrected chi connectivity index (χ4v) is 3.92. The van der Waals surface area contributed by atoms with Crippen LogP contribution in [0.15, 0.2) is 24.3 Å². The number of benzene rings is 1. The lowest BCUT2D eigenvalue weighted by molar-refractivity contribution is 0.253. The minimum Gasteiger partial charge on any atom is -0.317 e. The van der Waals surface area contributed by atoms with Gasteiger partial charge in [0.05, 0.1) is 0 Å². The number of hydrogen-bond donors (Lipinski definition) is 1. The van der Waals surface area contributed by atoms with Crippen LogP contribution >= 0.6 is 11.8 Å². The molecule has 0 bridgehead atoms. The first-order valence-corrected chi connectivity index (χ1v) is 8.52. The molecule has 2 rings (SSSR count). The first kappa shape index (κ1) is 14.9. The van der Waals surface area contributed by atoms with Crippen LogP contribution in [-0.2, 0) is 13.0 Å². The monoisotopic (exact) mass is 278 g/mol. The Morgan fingerprint density at radius 1 is 1.32 bits per heavy atom. The quantitative estimate of drug-likeness (QED) is 0.772. The van der Waals surface area contributed by atoms with Gasteiger partial charge in [-0.25, -0.2) is 0 Å². The van der Waals surface area contributed by atoms with E-state index < -0.39 is 0 Å². The molecule has 1 fully saturated rings. The first-order chi connectivity index (χ1) is 9.31. The average molecular weight is 278 g/mol. The fourth-order valence-electron chi connectivity index (χ4n) is 2.62. The summed E-state index contributed by atoms with van der Waals surface area (Å²) in [6.45, 7) is 5.39. The lowest BCUT2D eigenvalue weighted by atomic mass is 10.0. The van der Waals surface area contributed by atoms with Crippen LogP contribution in [0, 0.1) is 0 Å². The molecule has 1 aliphatic heterocycles. The van der Waals surface area contributed by atoms with E-state index in [-0.39, 0.29) is 0 Å². The summed E-state index contributed by atoms with van der Waals surface area (Å²) in [5.41, 5.74) is 3.00. The number of nitrogens with zero attached hydrogens (tertiary/aromatic N) is 1. The van der Waals surface area contributed by atoms with E-state index in [1.54, 1.807) is 0 Å². The number of thioether (sulfide) groups is 1. The van der Waals surface area contributed by atoms with Crippen molar-refractivity contribution in [2.45, 2.75) is 32.4 Å². The number of hydrogen-bond acceptors (Lipinski definition) is 3. The van der Waals surface area contributed by atoms with Crippen molar-refractivity contribution in [2.75, 3.05) is 31.6 Å². The third-order valence-corrected chi connectivity index (χ3v) is 5.03. The predicted octanol–water partition coefficient (Wildman–Crippen LogP) is 2.78. The van der Waals surface area contributed by atoms with Gasteiger partial charge in [-0.3, -0.25) is 4.90 Å². The molecule has 3 heteroatoms. The molecule has 1 aliphatic rings. The largest absolute Gasteiger partial charge is 0.317 e. The van der Waals surface area contributed by atoms with Gasteiger partial charge in [-0.2, -0.15) is 11.8 Å². The molecule has 1 N–H and O–H groups in total. The summed E-state index contributed by atoms with van der Waals surface area (Å²) in [6.07, 6.45) is 2.48. The summed E-state index contributed by atoms with van der Waals surface area (Å²) in [7, 11) is 2.28. The van der Waals surface area contributed by atoms with Gasteiger partial charge >= 0.3 is 0 Å². The summed E-state index contributed by atoms with van der Waals surface area (Å²) < 4.78 is 0. The zero-order valence-corrected chi connectivity index (χ0v) is 13.0. The predicted molar refractivity (Wildman–Crippen MR) is 85.9 cm³/mol. The molecule has 0 amide bonds. The first-order valence-electron chi connectivity index (χ1n) is 7.36. The standard InChI is InChI=1S/C16H26N2S/c1-3-17-10-8-14-6-4-5-7-15(14)12-18(2)16-9-11-19-13-16/h4-7,16-17H,3,8-13H2,1-2H3. The van der Waals surface area contributed by atoms with Gasteiger partial charge in [0.1, 0.15) is 0 Å². The molecule has 0 saturated carbocycles. The zero-order chi connectivity index (χ0) is 13.5. The highest BCUT2D eigenvalue weighted by molar-refractivity contribution is 7.99. The Balaban J connectivity index is 1.94. The van der Waals surface area contributed by atoms with Crippen molar-refractivity contribution < 1.29 is 0 Å². The Morgan fingerprint density at radius 2 is 2.11 bits per heavy atom. The maximum atomic E-state index is 3.42. The smallest absolute Gasteiger partial charge is 0.0236 e. The second-order valence-electron chi connectivity index (χ2n) is 5.30. The van der Waals surface area contributed by atoms with E-state index in [2.05, 4.69) is 60.2 Å². The summed E-state index contributed by atoms with van der Waals surface area (Å²) in [4.78, 5) is 2.53. The topological polar surface area (TPSA) is 15.3 Å². The van der Waals surface area contributed by atoms with Crippen molar-refractivity contribution in [3.05, 3.63) is 35.4 Å². The molecule has 0 aromatic heterocycles. The van der Waals surface area contributed by atoms with Crippen LogP contribution in [0.5, 0.6) is 0 Å². The molecule has 2 nitrogen and oxygen atoms in total. The van der Waals surface area contributed by atoms with E-state index >= 15 is 0 Å². The Kier molecular flexibility index (Phi) is 6.21. The van der Waals surface area contributed by atoms with Gasteiger partial charge in [0, 0.05) is 18.3 Å². The van der Waals surface area contributed by atoms with Gasteiger partial charge in [0.25, 0.3) is 0 Å². The van der Waals surface area contributed by atoms with E-state index in [0.29, 0.717) is 0 Å². The molecular weight excluding hydrogens is 252 g/mol. The molecule has 0 radical (unpaired) electrons. The third kappa shape index (κ3) is 4.51. The normalized spacial score (nSPS) is 19.2. The van der Waals surface area contributed by atoms with Crippen LogP contribution in [0.2, 0.25) is 0 Å².